The number of halogens is 2. The van der Waals surface area contributed by atoms with E-state index in [1.165, 1.54) is 30.5 Å². The molecule has 0 radical (unpaired) electrons. The first-order chi connectivity index (χ1) is 12.1. The predicted molar refractivity (Wildman–Crippen MR) is 95.2 cm³/mol. The molecule has 0 aliphatic heterocycles. The van der Waals surface area contributed by atoms with Gasteiger partial charge in [0.2, 0.25) is 5.95 Å². The largest absolute Gasteiger partial charge is 0.350 e. The van der Waals surface area contributed by atoms with Crippen LogP contribution in [0.4, 0.5) is 16.0 Å². The van der Waals surface area contributed by atoms with Crippen molar-refractivity contribution in [3.8, 4) is 0 Å². The van der Waals surface area contributed by atoms with Gasteiger partial charge in [0.1, 0.15) is 11.5 Å². The maximum atomic E-state index is 13.2. The maximum absolute atomic E-state index is 13.2. The minimum absolute atomic E-state index is 0.179. The Bertz CT molecular complexity index is 886. The number of aromatic nitrogens is 2. The Hall–Kier alpha value is -2.99. The van der Waals surface area contributed by atoms with Crippen molar-refractivity contribution in [2.75, 3.05) is 10.6 Å². The van der Waals surface area contributed by atoms with Gasteiger partial charge in [0, 0.05) is 23.5 Å². The summed E-state index contributed by atoms with van der Waals surface area (Å²) in [5.74, 6) is -0.546. The van der Waals surface area contributed by atoms with Gasteiger partial charge in [-0.15, -0.1) is 0 Å². The Kier molecular flexibility index (Phi) is 5.20. The highest BCUT2D eigenvalue weighted by molar-refractivity contribution is 6.30. The molecular formula is C18H14ClFN4O. The van der Waals surface area contributed by atoms with Gasteiger partial charge in [0.25, 0.3) is 5.91 Å². The van der Waals surface area contributed by atoms with E-state index in [4.69, 9.17) is 11.6 Å². The number of carbonyl (C=O) groups excluding carboxylic acids is 1. The molecule has 0 aliphatic carbocycles. The van der Waals surface area contributed by atoms with Crippen LogP contribution >= 0.6 is 11.6 Å². The Morgan fingerprint density at radius 1 is 1.12 bits per heavy atom. The fourth-order valence-corrected chi connectivity index (χ4v) is 2.24. The molecule has 25 heavy (non-hydrogen) atoms. The van der Waals surface area contributed by atoms with Crippen LogP contribution in [-0.4, -0.2) is 15.9 Å². The highest BCUT2D eigenvalue weighted by Gasteiger charge is 2.09. The summed E-state index contributed by atoms with van der Waals surface area (Å²) >= 11 is 5.85. The average Bonchev–Trinajstić information content (AvgIpc) is 2.61. The molecule has 126 valence electrons. The summed E-state index contributed by atoms with van der Waals surface area (Å²) < 4.78 is 13.2. The molecule has 0 atom stereocenters. The normalized spacial score (nSPS) is 10.3. The smallest absolute Gasteiger partial charge is 0.274 e. The zero-order chi connectivity index (χ0) is 17.6. The topological polar surface area (TPSA) is 66.9 Å². The molecule has 0 bridgehead atoms. The summed E-state index contributed by atoms with van der Waals surface area (Å²) in [6, 6.07) is 14.5. The summed E-state index contributed by atoms with van der Waals surface area (Å²) in [5, 5.41) is 6.30. The second-order valence-electron chi connectivity index (χ2n) is 5.21. The lowest BCUT2D eigenvalue weighted by atomic mass is 10.2. The van der Waals surface area contributed by atoms with E-state index < -0.39 is 11.7 Å². The van der Waals surface area contributed by atoms with Crippen molar-refractivity contribution in [3.05, 3.63) is 82.9 Å². The SMILES string of the molecule is O=C(Nc1cccc(F)c1)c1ccnc(NCc2ccc(Cl)cc2)n1. The van der Waals surface area contributed by atoms with E-state index in [-0.39, 0.29) is 5.69 Å². The summed E-state index contributed by atoms with van der Waals surface area (Å²) in [7, 11) is 0. The lowest BCUT2D eigenvalue weighted by Gasteiger charge is -2.08. The van der Waals surface area contributed by atoms with Crippen LogP contribution in [0.3, 0.4) is 0 Å². The van der Waals surface area contributed by atoms with Gasteiger partial charge in [-0.05, 0) is 42.0 Å². The lowest BCUT2D eigenvalue weighted by Crippen LogP contribution is -2.15. The molecule has 3 rings (SSSR count). The van der Waals surface area contributed by atoms with Crippen LogP contribution < -0.4 is 10.6 Å². The first-order valence-corrected chi connectivity index (χ1v) is 7.86. The Labute approximate surface area is 148 Å². The van der Waals surface area contributed by atoms with Crippen LogP contribution in [0.15, 0.2) is 60.8 Å². The first kappa shape index (κ1) is 16.9. The number of hydrogen-bond acceptors (Lipinski definition) is 4. The number of rotatable bonds is 5. The molecule has 3 aromatic rings. The second-order valence-corrected chi connectivity index (χ2v) is 5.65. The molecule has 0 unspecified atom stereocenters. The van der Waals surface area contributed by atoms with E-state index in [9.17, 15) is 9.18 Å². The van der Waals surface area contributed by atoms with Crippen molar-refractivity contribution >= 4 is 29.1 Å². The fourth-order valence-electron chi connectivity index (χ4n) is 2.12. The predicted octanol–water partition coefficient (Wildman–Crippen LogP) is 4.13. The van der Waals surface area contributed by atoms with Crippen molar-refractivity contribution in [1.29, 1.82) is 0 Å². The van der Waals surface area contributed by atoms with E-state index in [1.54, 1.807) is 18.2 Å². The number of amides is 1. The molecule has 5 nitrogen and oxygen atoms in total. The van der Waals surface area contributed by atoms with E-state index in [2.05, 4.69) is 20.6 Å². The summed E-state index contributed by atoms with van der Waals surface area (Å²) in [6.45, 7) is 0.492. The summed E-state index contributed by atoms with van der Waals surface area (Å²) in [6.07, 6.45) is 1.48. The number of benzene rings is 2. The zero-order valence-corrected chi connectivity index (χ0v) is 13.8. The van der Waals surface area contributed by atoms with Crippen LogP contribution in [0.25, 0.3) is 0 Å². The number of hydrogen-bond donors (Lipinski definition) is 2. The zero-order valence-electron chi connectivity index (χ0n) is 13.0. The third-order valence-corrected chi connectivity index (χ3v) is 3.59. The molecular weight excluding hydrogens is 343 g/mol. The van der Waals surface area contributed by atoms with E-state index in [1.807, 2.05) is 12.1 Å². The third-order valence-electron chi connectivity index (χ3n) is 3.33. The van der Waals surface area contributed by atoms with E-state index in [0.717, 1.165) is 5.56 Å². The van der Waals surface area contributed by atoms with Crippen molar-refractivity contribution in [3.63, 3.8) is 0 Å². The summed E-state index contributed by atoms with van der Waals surface area (Å²) in [5.41, 5.74) is 1.54. The summed E-state index contributed by atoms with van der Waals surface area (Å²) in [4.78, 5) is 20.5. The Balaban J connectivity index is 1.66. The highest BCUT2D eigenvalue weighted by atomic mass is 35.5. The average molecular weight is 357 g/mol. The maximum Gasteiger partial charge on any atom is 0.274 e. The number of nitrogens with zero attached hydrogens (tertiary/aromatic N) is 2. The highest BCUT2D eigenvalue weighted by Crippen LogP contribution is 2.12. The van der Waals surface area contributed by atoms with Gasteiger partial charge in [0.05, 0.1) is 0 Å². The van der Waals surface area contributed by atoms with Crippen molar-refractivity contribution < 1.29 is 9.18 Å². The van der Waals surface area contributed by atoms with Gasteiger partial charge in [-0.3, -0.25) is 4.79 Å². The molecule has 2 aromatic carbocycles. The van der Waals surface area contributed by atoms with Gasteiger partial charge >= 0.3 is 0 Å². The van der Waals surface area contributed by atoms with Gasteiger partial charge in [-0.1, -0.05) is 29.8 Å². The minimum Gasteiger partial charge on any atom is -0.350 e. The quantitative estimate of drug-likeness (QED) is 0.721. The standard InChI is InChI=1S/C18H14ClFN4O/c19-13-6-4-12(5-7-13)11-22-18-21-9-8-16(24-18)17(25)23-15-3-1-2-14(20)10-15/h1-10H,11H2,(H,23,25)(H,21,22,24). The molecule has 2 N–H and O–H groups in total. The molecule has 1 aromatic heterocycles. The van der Waals surface area contributed by atoms with Crippen molar-refractivity contribution in [2.45, 2.75) is 6.54 Å². The van der Waals surface area contributed by atoms with Crippen LogP contribution in [0.1, 0.15) is 16.1 Å². The second kappa shape index (κ2) is 7.72. The monoisotopic (exact) mass is 356 g/mol. The van der Waals surface area contributed by atoms with Crippen LogP contribution in [-0.2, 0) is 6.54 Å². The van der Waals surface area contributed by atoms with Crippen LogP contribution in [0.5, 0.6) is 0 Å². The molecule has 7 heteroatoms. The fraction of sp³-hybridized carbons (Fsp3) is 0.0556. The molecule has 1 amide bonds. The van der Waals surface area contributed by atoms with Gasteiger partial charge < -0.3 is 10.6 Å². The molecule has 0 fully saturated rings. The van der Waals surface area contributed by atoms with E-state index >= 15 is 0 Å². The third kappa shape index (κ3) is 4.74. The molecule has 0 aliphatic rings. The van der Waals surface area contributed by atoms with Crippen molar-refractivity contribution in [1.82, 2.24) is 9.97 Å². The molecule has 0 saturated carbocycles. The van der Waals surface area contributed by atoms with Crippen LogP contribution in [0.2, 0.25) is 5.02 Å². The number of nitrogens with one attached hydrogen (secondary N) is 2. The minimum atomic E-state index is -0.442. The number of anilines is 2. The number of carbonyl (C=O) groups is 1. The van der Waals surface area contributed by atoms with Crippen molar-refractivity contribution in [2.24, 2.45) is 0 Å². The van der Waals surface area contributed by atoms with Crippen LogP contribution in [0, 0.1) is 5.82 Å². The van der Waals surface area contributed by atoms with E-state index in [0.29, 0.717) is 23.2 Å². The first-order valence-electron chi connectivity index (χ1n) is 7.48. The molecule has 0 saturated heterocycles. The van der Waals surface area contributed by atoms with Gasteiger partial charge in [-0.25, -0.2) is 14.4 Å². The van der Waals surface area contributed by atoms with Gasteiger partial charge in [-0.2, -0.15) is 0 Å². The molecule has 0 spiro atoms. The lowest BCUT2D eigenvalue weighted by molar-refractivity contribution is 0.102. The molecule has 1 heterocycles. The Morgan fingerprint density at radius 3 is 2.68 bits per heavy atom. The van der Waals surface area contributed by atoms with Gasteiger partial charge in [0.15, 0.2) is 0 Å². The Morgan fingerprint density at radius 2 is 1.92 bits per heavy atom.